The van der Waals surface area contributed by atoms with Crippen LogP contribution in [0, 0.1) is 0 Å². The third-order valence-corrected chi connectivity index (χ3v) is 10.1. The summed E-state index contributed by atoms with van der Waals surface area (Å²) in [6.07, 6.45) is 11.2. The van der Waals surface area contributed by atoms with Crippen molar-refractivity contribution in [1.29, 1.82) is 0 Å². The van der Waals surface area contributed by atoms with Crippen LogP contribution in [-0.4, -0.2) is 15.3 Å². The SMILES string of the molecule is C1=Cc2c(c3ccccc3n2-c2ccc(C3NC4=CC(n5c6ccccc6c6ccccc65)=CNC4N3c3ccccc3)cc2)CC1.CC. The molecule has 240 valence electrons. The second-order valence-electron chi connectivity index (χ2n) is 12.6. The summed E-state index contributed by atoms with van der Waals surface area (Å²) < 4.78 is 4.79. The fourth-order valence-corrected chi connectivity index (χ4v) is 8.00. The van der Waals surface area contributed by atoms with Gasteiger partial charge in [0.25, 0.3) is 0 Å². The van der Waals surface area contributed by atoms with Gasteiger partial charge in [0.1, 0.15) is 12.3 Å². The van der Waals surface area contributed by atoms with Crippen molar-refractivity contribution in [3.8, 4) is 5.69 Å². The second kappa shape index (κ2) is 11.9. The van der Waals surface area contributed by atoms with Gasteiger partial charge in [-0.15, -0.1) is 0 Å². The summed E-state index contributed by atoms with van der Waals surface area (Å²) in [6, 6.07) is 46.0. The molecule has 49 heavy (non-hydrogen) atoms. The summed E-state index contributed by atoms with van der Waals surface area (Å²) in [4.78, 5) is 2.45. The van der Waals surface area contributed by atoms with E-state index < -0.39 is 0 Å². The molecular weight excluding hydrogens is 599 g/mol. The molecule has 0 saturated carbocycles. The van der Waals surface area contributed by atoms with Gasteiger partial charge in [-0.3, -0.25) is 0 Å². The lowest BCUT2D eigenvalue weighted by Crippen LogP contribution is -2.42. The fraction of sp³-hybridized carbons (Fsp3) is 0.136. The number of aryl methyl sites for hydroxylation is 1. The highest BCUT2D eigenvalue weighted by molar-refractivity contribution is 6.10. The Balaban J connectivity index is 0.00000160. The van der Waals surface area contributed by atoms with Crippen LogP contribution in [0.5, 0.6) is 0 Å². The minimum atomic E-state index is -0.0451. The van der Waals surface area contributed by atoms with Gasteiger partial charge in [0.15, 0.2) is 0 Å². The molecule has 0 bridgehead atoms. The summed E-state index contributed by atoms with van der Waals surface area (Å²) in [7, 11) is 0. The zero-order valence-corrected chi connectivity index (χ0v) is 27.8. The van der Waals surface area contributed by atoms with Crippen LogP contribution in [0.1, 0.15) is 43.3 Å². The molecule has 3 aliphatic rings. The predicted octanol–water partition coefficient (Wildman–Crippen LogP) is 10.1. The minimum Gasteiger partial charge on any atom is -0.364 e. The fourth-order valence-electron chi connectivity index (χ4n) is 8.00. The third-order valence-electron chi connectivity index (χ3n) is 10.1. The standard InChI is InChI=1S/C42H33N5.C2H6/c1-2-12-29(13-3-1)47-41(28-22-24-30(25-23-28)45-37-18-8-4-14-32(37)33-15-5-9-19-38(33)45)44-36-26-31(27-43-42(36)47)46-39-20-10-6-16-34(39)35-17-7-11-21-40(35)46;1-2/h1-4,6-14,16-27,41-44H,5,15H2;1-2H3. The topological polar surface area (TPSA) is 37.2 Å². The average Bonchev–Trinajstić information content (AvgIpc) is 3.84. The molecule has 0 radical (unpaired) electrons. The molecule has 1 fully saturated rings. The molecule has 0 spiro atoms. The Labute approximate surface area is 287 Å². The number of dihydropyridines is 1. The summed E-state index contributed by atoms with van der Waals surface area (Å²) >= 11 is 0. The first kappa shape index (κ1) is 29.2. The zero-order valence-electron chi connectivity index (χ0n) is 27.8. The Hall–Kier alpha value is -5.94. The number of fused-ring (bicyclic) bond motifs is 7. The van der Waals surface area contributed by atoms with Crippen LogP contribution in [0.3, 0.4) is 0 Å². The van der Waals surface area contributed by atoms with E-state index in [1.807, 2.05) is 13.8 Å². The van der Waals surface area contributed by atoms with E-state index >= 15 is 0 Å². The molecule has 2 aromatic heterocycles. The predicted molar refractivity (Wildman–Crippen MR) is 205 cm³/mol. The number of nitrogens with zero attached hydrogens (tertiary/aromatic N) is 3. The Kier molecular flexibility index (Phi) is 7.12. The van der Waals surface area contributed by atoms with Crippen molar-refractivity contribution in [2.75, 3.05) is 4.90 Å². The molecular formula is C44H39N5. The number of para-hydroxylation sites is 4. The molecule has 7 aromatic rings. The summed E-state index contributed by atoms with van der Waals surface area (Å²) in [5.74, 6) is 0. The molecule has 4 heterocycles. The number of allylic oxidation sites excluding steroid dienone is 3. The monoisotopic (exact) mass is 637 g/mol. The number of hydrogen-bond donors (Lipinski definition) is 2. The van der Waals surface area contributed by atoms with Crippen molar-refractivity contribution < 1.29 is 0 Å². The molecule has 2 N–H and O–H groups in total. The Morgan fingerprint density at radius 3 is 1.90 bits per heavy atom. The van der Waals surface area contributed by atoms with Crippen molar-refractivity contribution in [1.82, 2.24) is 19.8 Å². The lowest BCUT2D eigenvalue weighted by molar-refractivity contribution is 0.605. The van der Waals surface area contributed by atoms with Gasteiger partial charge >= 0.3 is 0 Å². The van der Waals surface area contributed by atoms with E-state index in [1.54, 1.807) is 0 Å². The summed E-state index contributed by atoms with van der Waals surface area (Å²) in [5.41, 5.74) is 12.3. The molecule has 10 rings (SSSR count). The van der Waals surface area contributed by atoms with E-state index in [0.29, 0.717) is 0 Å². The van der Waals surface area contributed by atoms with Gasteiger partial charge < -0.3 is 24.7 Å². The maximum atomic E-state index is 3.93. The number of nitrogens with one attached hydrogen (secondary N) is 2. The van der Waals surface area contributed by atoms with Gasteiger partial charge in [0.2, 0.25) is 0 Å². The molecule has 1 aliphatic carbocycles. The van der Waals surface area contributed by atoms with E-state index in [0.717, 1.165) is 24.2 Å². The number of anilines is 1. The molecule has 1 saturated heterocycles. The van der Waals surface area contributed by atoms with E-state index in [1.165, 1.54) is 60.9 Å². The van der Waals surface area contributed by atoms with Crippen LogP contribution in [0.25, 0.3) is 50.2 Å². The van der Waals surface area contributed by atoms with Crippen LogP contribution >= 0.6 is 0 Å². The van der Waals surface area contributed by atoms with Crippen molar-refractivity contribution in [3.63, 3.8) is 0 Å². The van der Waals surface area contributed by atoms with E-state index in [4.69, 9.17) is 0 Å². The van der Waals surface area contributed by atoms with Crippen LogP contribution < -0.4 is 15.5 Å². The highest BCUT2D eigenvalue weighted by Crippen LogP contribution is 2.40. The zero-order chi connectivity index (χ0) is 32.9. The summed E-state index contributed by atoms with van der Waals surface area (Å²) in [5, 5.41) is 11.6. The lowest BCUT2D eigenvalue weighted by Gasteiger charge is -2.32. The molecule has 2 aliphatic heterocycles. The van der Waals surface area contributed by atoms with E-state index in [-0.39, 0.29) is 12.3 Å². The van der Waals surface area contributed by atoms with Crippen molar-refractivity contribution in [2.45, 2.75) is 39.0 Å². The number of aromatic nitrogens is 2. The largest absolute Gasteiger partial charge is 0.364 e. The van der Waals surface area contributed by atoms with Crippen LogP contribution in [0.2, 0.25) is 0 Å². The number of hydrogen-bond acceptors (Lipinski definition) is 3. The average molecular weight is 638 g/mol. The summed E-state index contributed by atoms with van der Waals surface area (Å²) in [6.45, 7) is 4.00. The molecule has 0 amide bonds. The van der Waals surface area contributed by atoms with Crippen molar-refractivity contribution >= 4 is 50.2 Å². The van der Waals surface area contributed by atoms with E-state index in [2.05, 4.69) is 176 Å². The quantitative estimate of drug-likeness (QED) is 0.202. The Morgan fingerprint density at radius 2 is 1.20 bits per heavy atom. The normalized spacial score (nSPS) is 17.9. The molecule has 5 aromatic carbocycles. The van der Waals surface area contributed by atoms with Gasteiger partial charge in [0.05, 0.1) is 27.9 Å². The smallest absolute Gasteiger partial charge is 0.142 e. The Bertz CT molecular complexity index is 2370. The van der Waals surface area contributed by atoms with Crippen molar-refractivity contribution in [2.24, 2.45) is 0 Å². The third kappa shape index (κ3) is 4.61. The highest BCUT2D eigenvalue weighted by atomic mass is 15.4. The lowest BCUT2D eigenvalue weighted by atomic mass is 10.0. The molecule has 5 nitrogen and oxygen atoms in total. The highest BCUT2D eigenvalue weighted by Gasteiger charge is 2.39. The van der Waals surface area contributed by atoms with Crippen molar-refractivity contribution in [3.05, 3.63) is 168 Å². The first-order valence-electron chi connectivity index (χ1n) is 17.5. The van der Waals surface area contributed by atoms with Gasteiger partial charge in [-0.25, -0.2) is 0 Å². The van der Waals surface area contributed by atoms with Gasteiger partial charge in [0, 0.05) is 39.4 Å². The van der Waals surface area contributed by atoms with E-state index in [9.17, 15) is 0 Å². The maximum Gasteiger partial charge on any atom is 0.142 e. The van der Waals surface area contributed by atoms with Crippen LogP contribution in [-0.2, 0) is 6.42 Å². The number of rotatable bonds is 4. The second-order valence-corrected chi connectivity index (χ2v) is 12.6. The maximum absolute atomic E-state index is 3.93. The molecule has 2 atom stereocenters. The van der Waals surface area contributed by atoms with Crippen LogP contribution in [0.4, 0.5) is 5.69 Å². The minimum absolute atomic E-state index is 0.0236. The Morgan fingerprint density at radius 1 is 0.592 bits per heavy atom. The van der Waals surface area contributed by atoms with Gasteiger partial charge in [-0.05, 0) is 78.6 Å². The van der Waals surface area contributed by atoms with Gasteiger partial charge in [-0.2, -0.15) is 0 Å². The molecule has 2 unspecified atom stereocenters. The first-order valence-corrected chi connectivity index (χ1v) is 17.5. The van der Waals surface area contributed by atoms with Crippen LogP contribution in [0.15, 0.2) is 151 Å². The van der Waals surface area contributed by atoms with Gasteiger partial charge in [-0.1, -0.05) is 105 Å². The molecule has 5 heteroatoms. The number of benzene rings is 5. The first-order chi connectivity index (χ1) is 24.3.